The average molecular weight is 294 g/mol. The molecule has 0 aromatic carbocycles. The Bertz CT molecular complexity index is 423. The number of hydrogen-bond donors (Lipinski definition) is 0. The van der Waals surface area contributed by atoms with Crippen molar-refractivity contribution >= 4 is 17.4 Å². The highest BCUT2D eigenvalue weighted by Crippen LogP contribution is 2.24. The van der Waals surface area contributed by atoms with E-state index in [1.165, 1.54) is 45.3 Å². The predicted octanol–water partition coefficient (Wildman–Crippen LogP) is 3.13. The van der Waals surface area contributed by atoms with Gasteiger partial charge in [-0.25, -0.2) is 4.98 Å². The van der Waals surface area contributed by atoms with E-state index in [4.69, 9.17) is 11.6 Å². The first-order chi connectivity index (χ1) is 9.85. The fourth-order valence-corrected chi connectivity index (χ4v) is 3.56. The zero-order valence-corrected chi connectivity index (χ0v) is 12.9. The summed E-state index contributed by atoms with van der Waals surface area (Å²) in [6.07, 6.45) is 7.26. The molecule has 0 saturated carbocycles. The van der Waals surface area contributed by atoms with Crippen LogP contribution in [0.2, 0.25) is 0 Å². The van der Waals surface area contributed by atoms with Gasteiger partial charge in [0.1, 0.15) is 5.82 Å². The normalized spacial score (nSPS) is 21.6. The molecule has 0 radical (unpaired) electrons. The SMILES string of the molecule is ClCc1ccnc(N2CCC(CN3CCCC3)CC2)c1. The van der Waals surface area contributed by atoms with Gasteiger partial charge in [0.05, 0.1) is 0 Å². The van der Waals surface area contributed by atoms with Gasteiger partial charge < -0.3 is 9.80 Å². The lowest BCUT2D eigenvalue weighted by Crippen LogP contribution is -2.38. The second-order valence-electron chi connectivity index (χ2n) is 6.09. The fraction of sp³-hybridized carbons (Fsp3) is 0.688. The van der Waals surface area contributed by atoms with Crippen LogP contribution in [0.5, 0.6) is 0 Å². The van der Waals surface area contributed by atoms with Crippen LogP contribution in [0.3, 0.4) is 0 Å². The van der Waals surface area contributed by atoms with Crippen molar-refractivity contribution in [3.05, 3.63) is 23.9 Å². The second-order valence-corrected chi connectivity index (χ2v) is 6.36. The number of pyridine rings is 1. The van der Waals surface area contributed by atoms with Crippen molar-refractivity contribution in [2.45, 2.75) is 31.6 Å². The smallest absolute Gasteiger partial charge is 0.128 e. The number of alkyl halides is 1. The van der Waals surface area contributed by atoms with Crippen molar-refractivity contribution in [1.82, 2.24) is 9.88 Å². The highest BCUT2D eigenvalue weighted by atomic mass is 35.5. The van der Waals surface area contributed by atoms with Crippen molar-refractivity contribution in [3.8, 4) is 0 Å². The molecular formula is C16H24ClN3. The number of likely N-dealkylation sites (tertiary alicyclic amines) is 1. The Morgan fingerprint density at radius 1 is 1.15 bits per heavy atom. The van der Waals surface area contributed by atoms with E-state index in [0.29, 0.717) is 5.88 Å². The molecule has 110 valence electrons. The van der Waals surface area contributed by atoms with E-state index in [2.05, 4.69) is 20.9 Å². The Morgan fingerprint density at radius 3 is 2.60 bits per heavy atom. The van der Waals surface area contributed by atoms with Crippen LogP contribution >= 0.6 is 11.6 Å². The zero-order valence-electron chi connectivity index (χ0n) is 12.1. The van der Waals surface area contributed by atoms with Gasteiger partial charge >= 0.3 is 0 Å². The highest BCUT2D eigenvalue weighted by Gasteiger charge is 2.23. The third-order valence-electron chi connectivity index (χ3n) is 4.62. The summed E-state index contributed by atoms with van der Waals surface area (Å²) in [6, 6.07) is 4.13. The van der Waals surface area contributed by atoms with Crippen LogP contribution in [-0.2, 0) is 5.88 Å². The third-order valence-corrected chi connectivity index (χ3v) is 4.93. The average Bonchev–Trinajstić information content (AvgIpc) is 3.01. The van der Waals surface area contributed by atoms with E-state index in [0.717, 1.165) is 30.4 Å². The molecule has 20 heavy (non-hydrogen) atoms. The predicted molar refractivity (Wildman–Crippen MR) is 84.4 cm³/mol. The van der Waals surface area contributed by atoms with E-state index in [-0.39, 0.29) is 0 Å². The minimum Gasteiger partial charge on any atom is -0.357 e. The minimum atomic E-state index is 0.570. The van der Waals surface area contributed by atoms with E-state index in [1.807, 2.05) is 12.3 Å². The lowest BCUT2D eigenvalue weighted by atomic mass is 9.96. The topological polar surface area (TPSA) is 19.4 Å². The van der Waals surface area contributed by atoms with Crippen molar-refractivity contribution < 1.29 is 0 Å². The van der Waals surface area contributed by atoms with Crippen LogP contribution in [0.4, 0.5) is 5.82 Å². The summed E-state index contributed by atoms with van der Waals surface area (Å²) in [5.74, 6) is 2.55. The molecular weight excluding hydrogens is 270 g/mol. The Kier molecular flexibility index (Phi) is 4.79. The summed E-state index contributed by atoms with van der Waals surface area (Å²) >= 11 is 5.90. The zero-order chi connectivity index (χ0) is 13.8. The van der Waals surface area contributed by atoms with Crippen molar-refractivity contribution in [2.24, 2.45) is 5.92 Å². The molecule has 0 amide bonds. The first-order valence-corrected chi connectivity index (χ1v) is 8.37. The van der Waals surface area contributed by atoms with Gasteiger partial charge in [0.25, 0.3) is 0 Å². The number of piperidine rings is 1. The first kappa shape index (κ1) is 14.2. The van der Waals surface area contributed by atoms with Gasteiger partial charge in [-0.1, -0.05) is 0 Å². The Balaban J connectivity index is 1.52. The van der Waals surface area contributed by atoms with Crippen LogP contribution in [0.1, 0.15) is 31.2 Å². The summed E-state index contributed by atoms with van der Waals surface area (Å²) in [4.78, 5) is 9.55. The number of hydrogen-bond acceptors (Lipinski definition) is 3. The molecule has 4 heteroatoms. The maximum Gasteiger partial charge on any atom is 0.128 e. The molecule has 2 saturated heterocycles. The van der Waals surface area contributed by atoms with Crippen LogP contribution in [0, 0.1) is 5.92 Å². The quantitative estimate of drug-likeness (QED) is 0.795. The van der Waals surface area contributed by atoms with Crippen LogP contribution < -0.4 is 4.90 Å². The van der Waals surface area contributed by atoms with Crippen molar-refractivity contribution in [3.63, 3.8) is 0 Å². The molecule has 0 unspecified atom stereocenters. The lowest BCUT2D eigenvalue weighted by molar-refractivity contribution is 0.249. The number of rotatable bonds is 4. The summed E-state index contributed by atoms with van der Waals surface area (Å²) in [6.45, 7) is 6.22. The molecule has 3 heterocycles. The number of aromatic nitrogens is 1. The maximum absolute atomic E-state index is 5.90. The Hall–Kier alpha value is -0.800. The van der Waals surface area contributed by atoms with Crippen LogP contribution in [-0.4, -0.2) is 42.6 Å². The van der Waals surface area contributed by atoms with E-state index in [1.54, 1.807) is 0 Å². The standard InChI is InChI=1S/C16H24ClN3/c17-12-15-3-6-18-16(11-15)20-9-4-14(5-10-20)13-19-7-1-2-8-19/h3,6,11,14H,1-2,4-5,7-10,12-13H2. The molecule has 2 aliphatic rings. The van der Waals surface area contributed by atoms with Gasteiger partial charge in [0.2, 0.25) is 0 Å². The Morgan fingerprint density at radius 2 is 1.90 bits per heavy atom. The monoisotopic (exact) mass is 293 g/mol. The molecule has 2 aliphatic heterocycles. The minimum absolute atomic E-state index is 0.570. The third kappa shape index (κ3) is 3.44. The van der Waals surface area contributed by atoms with E-state index in [9.17, 15) is 0 Å². The molecule has 0 atom stereocenters. The molecule has 1 aromatic heterocycles. The van der Waals surface area contributed by atoms with Gasteiger partial charge in [-0.3, -0.25) is 0 Å². The first-order valence-electron chi connectivity index (χ1n) is 7.83. The molecule has 1 aromatic rings. The number of anilines is 1. The van der Waals surface area contributed by atoms with Gasteiger partial charge in [0, 0.05) is 31.7 Å². The Labute approximate surface area is 126 Å². The molecule has 0 N–H and O–H groups in total. The van der Waals surface area contributed by atoms with Gasteiger partial charge in [-0.2, -0.15) is 0 Å². The van der Waals surface area contributed by atoms with E-state index >= 15 is 0 Å². The maximum atomic E-state index is 5.90. The summed E-state index contributed by atoms with van der Waals surface area (Å²) < 4.78 is 0. The highest BCUT2D eigenvalue weighted by molar-refractivity contribution is 6.17. The van der Waals surface area contributed by atoms with Gasteiger partial charge in [-0.15, -0.1) is 11.6 Å². The van der Waals surface area contributed by atoms with Gasteiger partial charge in [-0.05, 0) is 62.4 Å². The molecule has 3 rings (SSSR count). The second kappa shape index (κ2) is 6.77. The summed E-state index contributed by atoms with van der Waals surface area (Å²) in [7, 11) is 0. The van der Waals surface area contributed by atoms with Gasteiger partial charge in [0.15, 0.2) is 0 Å². The largest absolute Gasteiger partial charge is 0.357 e. The molecule has 0 bridgehead atoms. The number of halogens is 1. The molecule has 3 nitrogen and oxygen atoms in total. The number of nitrogens with zero attached hydrogens (tertiary/aromatic N) is 3. The lowest BCUT2D eigenvalue weighted by Gasteiger charge is -2.34. The van der Waals surface area contributed by atoms with Crippen molar-refractivity contribution in [1.29, 1.82) is 0 Å². The van der Waals surface area contributed by atoms with Crippen LogP contribution in [0.15, 0.2) is 18.3 Å². The molecule has 0 spiro atoms. The molecule has 2 fully saturated rings. The fourth-order valence-electron chi connectivity index (χ4n) is 3.39. The summed E-state index contributed by atoms with van der Waals surface area (Å²) in [5, 5.41) is 0. The summed E-state index contributed by atoms with van der Waals surface area (Å²) in [5.41, 5.74) is 1.16. The van der Waals surface area contributed by atoms with E-state index < -0.39 is 0 Å². The van der Waals surface area contributed by atoms with Crippen LogP contribution in [0.25, 0.3) is 0 Å². The molecule has 0 aliphatic carbocycles. The van der Waals surface area contributed by atoms with Crippen molar-refractivity contribution in [2.75, 3.05) is 37.6 Å².